The lowest BCUT2D eigenvalue weighted by Crippen LogP contribution is -2.56. The van der Waals surface area contributed by atoms with Crippen molar-refractivity contribution < 1.29 is 19.1 Å². The molecule has 2 heterocycles. The lowest BCUT2D eigenvalue weighted by atomic mass is 9.99. The molecule has 0 bridgehead atoms. The minimum absolute atomic E-state index is 0.0312. The van der Waals surface area contributed by atoms with E-state index in [2.05, 4.69) is 10.3 Å². The number of esters is 1. The number of aromatic nitrogens is 1. The van der Waals surface area contributed by atoms with Gasteiger partial charge in [0.25, 0.3) is 5.91 Å². The number of aromatic amines is 1. The number of hydrogen-bond acceptors (Lipinski definition) is 4. The predicted molar refractivity (Wildman–Crippen MR) is 110 cm³/mol. The Hall–Kier alpha value is -3.03. The number of benzene rings is 1. The van der Waals surface area contributed by atoms with Crippen LogP contribution < -0.4 is 5.32 Å². The van der Waals surface area contributed by atoms with Crippen molar-refractivity contribution in [3.63, 3.8) is 0 Å². The molecule has 2 aromatic rings. The normalized spacial score (nSPS) is 16.4. The van der Waals surface area contributed by atoms with Crippen molar-refractivity contribution in [2.75, 3.05) is 33.3 Å². The number of methoxy groups -OCH3 is 1. The molecule has 1 saturated heterocycles. The van der Waals surface area contributed by atoms with E-state index in [1.165, 1.54) is 7.11 Å². The number of rotatable bonds is 5. The number of para-hydroxylation sites is 1. The van der Waals surface area contributed by atoms with Gasteiger partial charge in [-0.05, 0) is 18.1 Å². The van der Waals surface area contributed by atoms with Gasteiger partial charge in [-0.3, -0.25) is 4.79 Å². The lowest BCUT2D eigenvalue weighted by Gasteiger charge is -2.35. The summed E-state index contributed by atoms with van der Waals surface area (Å²) in [5.74, 6) is -0.551. The van der Waals surface area contributed by atoms with Crippen molar-refractivity contribution in [2.24, 2.45) is 5.92 Å². The van der Waals surface area contributed by atoms with Gasteiger partial charge in [-0.25, -0.2) is 9.59 Å². The quantitative estimate of drug-likeness (QED) is 0.753. The highest BCUT2D eigenvalue weighted by Crippen LogP contribution is 2.17. The third kappa shape index (κ3) is 4.52. The Bertz CT molecular complexity index is 853. The van der Waals surface area contributed by atoms with Gasteiger partial charge in [-0.15, -0.1) is 0 Å². The Kier molecular flexibility index (Phi) is 6.41. The monoisotopic (exact) mass is 400 g/mol. The second kappa shape index (κ2) is 8.98. The minimum Gasteiger partial charge on any atom is -0.467 e. The lowest BCUT2D eigenvalue weighted by molar-refractivity contribution is -0.144. The molecule has 8 nitrogen and oxygen atoms in total. The number of hydrogen-bond donors (Lipinski definition) is 2. The number of amides is 3. The van der Waals surface area contributed by atoms with Gasteiger partial charge in [0.1, 0.15) is 11.7 Å². The molecule has 2 atom stereocenters. The summed E-state index contributed by atoms with van der Waals surface area (Å²) in [5, 5.41) is 3.78. The number of carbonyl (C=O) groups is 3. The van der Waals surface area contributed by atoms with Crippen LogP contribution in [0.3, 0.4) is 0 Å². The summed E-state index contributed by atoms with van der Waals surface area (Å²) in [6.07, 6.45) is 0.743. The molecule has 1 fully saturated rings. The molecule has 3 rings (SSSR count). The highest BCUT2D eigenvalue weighted by Gasteiger charge is 2.31. The van der Waals surface area contributed by atoms with Crippen LogP contribution in [0.1, 0.15) is 30.8 Å². The summed E-state index contributed by atoms with van der Waals surface area (Å²) < 4.78 is 4.82. The SMILES string of the molecule is CCC(C)[C@H](NC(=O)N1CCN(C(=O)c2cc3ccccc3[nH]2)CC1)C(=O)OC. The van der Waals surface area contributed by atoms with E-state index in [9.17, 15) is 14.4 Å². The first kappa shape index (κ1) is 20.7. The van der Waals surface area contributed by atoms with E-state index in [1.54, 1.807) is 9.80 Å². The minimum atomic E-state index is -0.677. The van der Waals surface area contributed by atoms with E-state index in [0.29, 0.717) is 31.9 Å². The molecule has 0 aliphatic carbocycles. The van der Waals surface area contributed by atoms with Crippen molar-refractivity contribution in [3.05, 3.63) is 36.0 Å². The van der Waals surface area contributed by atoms with Crippen LogP contribution in [0, 0.1) is 5.92 Å². The zero-order chi connectivity index (χ0) is 21.0. The molecule has 2 N–H and O–H groups in total. The predicted octanol–water partition coefficient (Wildman–Crippen LogP) is 2.22. The van der Waals surface area contributed by atoms with Gasteiger partial charge in [0.2, 0.25) is 0 Å². The molecule has 0 radical (unpaired) electrons. The molecular weight excluding hydrogens is 372 g/mol. The van der Waals surface area contributed by atoms with Crippen LogP contribution in [-0.4, -0.2) is 72.0 Å². The first-order valence-corrected chi connectivity index (χ1v) is 9.94. The summed E-state index contributed by atoms with van der Waals surface area (Å²) in [4.78, 5) is 43.9. The molecule has 29 heavy (non-hydrogen) atoms. The van der Waals surface area contributed by atoms with Crippen molar-refractivity contribution in [2.45, 2.75) is 26.3 Å². The van der Waals surface area contributed by atoms with Gasteiger partial charge in [-0.1, -0.05) is 38.5 Å². The van der Waals surface area contributed by atoms with E-state index in [1.807, 2.05) is 44.2 Å². The summed E-state index contributed by atoms with van der Waals surface area (Å²) in [5.41, 5.74) is 1.47. The number of nitrogens with zero attached hydrogens (tertiary/aromatic N) is 2. The molecule has 1 aliphatic rings. The summed E-state index contributed by atoms with van der Waals surface area (Å²) in [6.45, 7) is 5.56. The van der Waals surface area contributed by atoms with Crippen molar-refractivity contribution in [1.82, 2.24) is 20.1 Å². The maximum Gasteiger partial charge on any atom is 0.328 e. The zero-order valence-electron chi connectivity index (χ0n) is 17.1. The van der Waals surface area contributed by atoms with Crippen molar-refractivity contribution in [3.8, 4) is 0 Å². The van der Waals surface area contributed by atoms with E-state index in [4.69, 9.17) is 4.74 Å². The first-order valence-electron chi connectivity index (χ1n) is 9.94. The van der Waals surface area contributed by atoms with Crippen molar-refractivity contribution in [1.29, 1.82) is 0 Å². The second-order valence-electron chi connectivity index (χ2n) is 7.39. The van der Waals surface area contributed by atoms with Gasteiger partial charge in [0, 0.05) is 37.1 Å². The van der Waals surface area contributed by atoms with Gasteiger partial charge in [-0.2, -0.15) is 0 Å². The van der Waals surface area contributed by atoms with Gasteiger partial charge in [0.15, 0.2) is 0 Å². The molecule has 1 aliphatic heterocycles. The van der Waals surface area contributed by atoms with Crippen LogP contribution in [-0.2, 0) is 9.53 Å². The molecule has 1 unspecified atom stereocenters. The smallest absolute Gasteiger partial charge is 0.328 e. The number of carbonyl (C=O) groups excluding carboxylic acids is 3. The maximum atomic E-state index is 12.8. The first-order chi connectivity index (χ1) is 13.9. The van der Waals surface area contributed by atoms with E-state index in [0.717, 1.165) is 17.3 Å². The van der Waals surface area contributed by atoms with Gasteiger partial charge < -0.3 is 24.8 Å². The summed E-state index contributed by atoms with van der Waals surface area (Å²) in [7, 11) is 1.32. The number of H-pyrrole nitrogens is 1. The summed E-state index contributed by atoms with van der Waals surface area (Å²) in [6, 6.07) is 8.61. The van der Waals surface area contributed by atoms with E-state index in [-0.39, 0.29) is 17.9 Å². The molecule has 3 amide bonds. The molecule has 1 aromatic carbocycles. The number of ether oxygens (including phenoxy) is 1. The highest BCUT2D eigenvalue weighted by atomic mass is 16.5. The van der Waals surface area contributed by atoms with Gasteiger partial charge in [0.05, 0.1) is 7.11 Å². The molecule has 1 aromatic heterocycles. The molecule has 0 saturated carbocycles. The molecular formula is C21H28N4O4. The van der Waals surface area contributed by atoms with Crippen molar-refractivity contribution >= 4 is 28.8 Å². The van der Waals surface area contributed by atoms with Crippen LogP contribution in [0.15, 0.2) is 30.3 Å². The number of nitrogens with one attached hydrogen (secondary N) is 2. The Morgan fingerprint density at radius 1 is 1.14 bits per heavy atom. The van der Waals surface area contributed by atoms with E-state index < -0.39 is 12.0 Å². The third-order valence-corrected chi connectivity index (χ3v) is 5.56. The standard InChI is InChI=1S/C21H28N4O4/c1-4-14(2)18(20(27)29-3)23-21(28)25-11-9-24(10-12-25)19(26)17-13-15-7-5-6-8-16(15)22-17/h5-8,13-14,18,22H,4,9-12H2,1-3H3,(H,23,28)/t14?,18-/m0/s1. The number of urea groups is 1. The molecule has 0 spiro atoms. The third-order valence-electron chi connectivity index (χ3n) is 5.56. The highest BCUT2D eigenvalue weighted by molar-refractivity contribution is 5.98. The van der Waals surface area contributed by atoms with Crippen LogP contribution in [0.25, 0.3) is 10.9 Å². The average molecular weight is 400 g/mol. The van der Waals surface area contributed by atoms with Crippen LogP contribution in [0.5, 0.6) is 0 Å². The fraction of sp³-hybridized carbons (Fsp3) is 0.476. The second-order valence-corrected chi connectivity index (χ2v) is 7.39. The number of piperazine rings is 1. The Morgan fingerprint density at radius 3 is 2.41 bits per heavy atom. The Labute approximate surface area is 170 Å². The number of fused-ring (bicyclic) bond motifs is 1. The Balaban J connectivity index is 1.58. The zero-order valence-corrected chi connectivity index (χ0v) is 17.1. The Morgan fingerprint density at radius 2 is 1.79 bits per heavy atom. The summed E-state index contributed by atoms with van der Waals surface area (Å²) >= 11 is 0. The fourth-order valence-corrected chi connectivity index (χ4v) is 3.49. The molecule has 156 valence electrons. The largest absolute Gasteiger partial charge is 0.467 e. The van der Waals surface area contributed by atoms with Gasteiger partial charge >= 0.3 is 12.0 Å². The maximum absolute atomic E-state index is 12.8. The van der Waals surface area contributed by atoms with Crippen LogP contribution >= 0.6 is 0 Å². The molecule has 8 heteroatoms. The average Bonchev–Trinajstić information content (AvgIpc) is 3.20. The topological polar surface area (TPSA) is 94.7 Å². The fourth-order valence-electron chi connectivity index (χ4n) is 3.49. The van der Waals surface area contributed by atoms with Crippen LogP contribution in [0.2, 0.25) is 0 Å². The van der Waals surface area contributed by atoms with Crippen LogP contribution in [0.4, 0.5) is 4.79 Å². The van der Waals surface area contributed by atoms with E-state index >= 15 is 0 Å².